The molecule has 18 nitrogen and oxygen atoms in total. The Morgan fingerprint density at radius 1 is 0.815 bits per heavy atom. The minimum Gasteiger partial charge on any atom is -0.748 e. The molecular weight excluding hydrogens is 1080 g/mol. The molecule has 0 aliphatic carbocycles. The largest absolute Gasteiger partial charge is 0.748 e. The van der Waals surface area contributed by atoms with Crippen molar-refractivity contribution in [2.75, 3.05) is 89.0 Å². The normalized spacial score (nSPS) is 16.5. The molecule has 81 heavy (non-hydrogen) atoms. The highest BCUT2D eigenvalue weighted by atomic mass is 32.2. The van der Waals surface area contributed by atoms with Gasteiger partial charge in [-0.3, -0.25) is 14.4 Å². The number of carbonyl (C=O) groups is 3. The number of ether oxygens (including phenoxy) is 5. The van der Waals surface area contributed by atoms with E-state index in [4.69, 9.17) is 28.8 Å². The van der Waals surface area contributed by atoms with Gasteiger partial charge in [0.2, 0.25) is 11.3 Å². The zero-order valence-electron chi connectivity index (χ0n) is 45.9. The quantitative estimate of drug-likeness (QED) is 0.0107. The van der Waals surface area contributed by atoms with Crippen molar-refractivity contribution < 1.29 is 73.7 Å². The monoisotopic (exact) mass is 1140 g/mol. The van der Waals surface area contributed by atoms with Gasteiger partial charge >= 0.3 is 5.97 Å². The van der Waals surface area contributed by atoms with Crippen LogP contribution in [0.1, 0.15) is 104 Å². The van der Waals surface area contributed by atoms with Gasteiger partial charge in [-0.05, 0) is 99.2 Å². The molecule has 4 aromatic carbocycles. The first-order valence-corrected chi connectivity index (χ1v) is 28.4. The molecule has 23 heteroatoms. The molecule has 0 saturated heterocycles. The molecule has 0 fully saturated rings. The van der Waals surface area contributed by atoms with Crippen LogP contribution in [0.25, 0.3) is 16.7 Å². The molecule has 2 N–H and O–H groups in total. The Bertz CT molecular complexity index is 3550. The molecule has 4 aromatic rings. The van der Waals surface area contributed by atoms with Gasteiger partial charge < -0.3 is 43.6 Å². The first kappa shape index (κ1) is 58.8. The molecule has 5 aliphatic rings. The second-order valence-corrected chi connectivity index (χ2v) is 23.0. The number of amides is 2. The number of nitrogens with zero attached hydrogens (tertiary/aromatic N) is 5. The molecule has 5 heterocycles. The Hall–Kier alpha value is -6.89. The van der Waals surface area contributed by atoms with Gasteiger partial charge in [-0.2, -0.15) is 0 Å². The summed E-state index contributed by atoms with van der Waals surface area (Å²) in [7, 11) is -3.74. The van der Waals surface area contributed by atoms with Crippen molar-refractivity contribution in [3.05, 3.63) is 121 Å². The smallest absolute Gasteiger partial charge is 0.305 e. The summed E-state index contributed by atoms with van der Waals surface area (Å²) >= 11 is 0. The van der Waals surface area contributed by atoms with Crippen LogP contribution in [-0.4, -0.2) is 131 Å². The minimum absolute atomic E-state index is 0.0270. The number of nitrogens with one attached hydrogen (secondary N) is 1. The molecule has 0 radical (unpaired) electrons. The van der Waals surface area contributed by atoms with Crippen LogP contribution in [0.15, 0.2) is 58.9 Å². The molecule has 0 bridgehead atoms. The Labute approximate surface area is 466 Å². The van der Waals surface area contributed by atoms with E-state index in [1.165, 1.54) is 24.3 Å². The third-order valence-electron chi connectivity index (χ3n) is 15.0. The van der Waals surface area contributed by atoms with E-state index in [9.17, 15) is 27.4 Å². The summed E-state index contributed by atoms with van der Waals surface area (Å²) in [6.07, 6.45) is 5.57. The topological polar surface area (TPSA) is 221 Å². The van der Waals surface area contributed by atoms with Gasteiger partial charge in [-0.25, -0.2) is 35.6 Å². The van der Waals surface area contributed by atoms with E-state index in [2.05, 4.69) is 45.1 Å². The molecule has 9 rings (SSSR count). The molecule has 0 spiro atoms. The van der Waals surface area contributed by atoms with Crippen molar-refractivity contribution in [3.8, 4) is 11.5 Å². The number of carboxylic acid groups (broad SMARTS) is 1. The molecule has 0 unspecified atom stereocenters. The third kappa shape index (κ3) is 12.5. The number of rotatable bonds is 23. The number of hydrogen-bond acceptors (Lipinski definition) is 14. The van der Waals surface area contributed by atoms with Crippen molar-refractivity contribution in [1.29, 1.82) is 0 Å². The molecular formula is C58H64F4N6O12S. The molecule has 0 atom stereocenters. The van der Waals surface area contributed by atoms with E-state index in [1.54, 1.807) is 12.1 Å². The third-order valence-corrected chi connectivity index (χ3v) is 15.7. The molecule has 2 amide bonds. The first-order chi connectivity index (χ1) is 38.5. The van der Waals surface area contributed by atoms with Crippen molar-refractivity contribution in [2.24, 2.45) is 10.3 Å². The maximum absolute atomic E-state index is 16.8. The highest BCUT2D eigenvalue weighted by Gasteiger charge is 2.43. The van der Waals surface area contributed by atoms with Crippen LogP contribution < -0.4 is 30.1 Å². The van der Waals surface area contributed by atoms with Crippen LogP contribution in [0.4, 0.5) is 34.6 Å². The van der Waals surface area contributed by atoms with Crippen molar-refractivity contribution in [3.63, 3.8) is 0 Å². The van der Waals surface area contributed by atoms with E-state index < -0.39 is 74.1 Å². The van der Waals surface area contributed by atoms with Gasteiger partial charge in [0.1, 0.15) is 18.0 Å². The van der Waals surface area contributed by atoms with Crippen LogP contribution in [0.2, 0.25) is 0 Å². The summed E-state index contributed by atoms with van der Waals surface area (Å²) < 4.78 is 133. The van der Waals surface area contributed by atoms with Gasteiger partial charge in [-0.15, -0.1) is 5.11 Å². The van der Waals surface area contributed by atoms with Gasteiger partial charge in [0.25, 0.3) is 5.91 Å². The van der Waals surface area contributed by atoms with E-state index in [-0.39, 0.29) is 74.2 Å². The highest BCUT2D eigenvalue weighted by Crippen LogP contribution is 2.52. The Morgan fingerprint density at radius 3 is 2.10 bits per heavy atom. The number of anilines is 2. The lowest BCUT2D eigenvalue weighted by Gasteiger charge is -2.47. The summed E-state index contributed by atoms with van der Waals surface area (Å²) in [5.74, 6) is -10.8. The summed E-state index contributed by atoms with van der Waals surface area (Å²) in [5.41, 5.74) is 3.08. The number of aliphatic carboxylic acids is 1. The number of benzene rings is 4. The average molecular weight is 1150 g/mol. The SMILES string of the molecule is CC1=CC(C)(C)N2CCCc3c4c(cc1c32)C(Cc1c(F)c(F)c(F)c(F)c1C(=O)N(C)N=Nc1ccc(NC(=O)CCOCCOCCOCCOCCC(=O)O)cc1)=c1cc2c3c(c1O4)CCC[N+]=3C(C)(C)C=C2CS(=O)(=O)[O-]. The van der Waals surface area contributed by atoms with E-state index >= 15 is 17.6 Å². The summed E-state index contributed by atoms with van der Waals surface area (Å²) in [6, 6.07) is 9.49. The Kier molecular flexibility index (Phi) is 17.3. The maximum atomic E-state index is 16.8. The molecule has 432 valence electrons. The maximum Gasteiger partial charge on any atom is 0.305 e. The van der Waals surface area contributed by atoms with Gasteiger partial charge in [-0.1, -0.05) is 11.3 Å². The van der Waals surface area contributed by atoms with E-state index in [0.29, 0.717) is 95.1 Å². The molecule has 0 saturated carbocycles. The van der Waals surface area contributed by atoms with E-state index in [1.807, 2.05) is 26.8 Å². The fraction of sp³-hybridized carbons (Fsp3) is 0.448. The van der Waals surface area contributed by atoms with Crippen molar-refractivity contribution in [2.45, 2.75) is 90.6 Å². The van der Waals surface area contributed by atoms with Crippen LogP contribution in [-0.2, 0) is 57.9 Å². The predicted molar refractivity (Wildman–Crippen MR) is 291 cm³/mol. The predicted octanol–water partition coefficient (Wildman–Crippen LogP) is 7.54. The fourth-order valence-corrected chi connectivity index (χ4v) is 12.1. The molecule has 0 aromatic heterocycles. The number of halogens is 4. The van der Waals surface area contributed by atoms with Crippen LogP contribution in [0.3, 0.4) is 0 Å². The summed E-state index contributed by atoms with van der Waals surface area (Å²) in [6.45, 7) is 13.3. The van der Waals surface area contributed by atoms with E-state index in [0.717, 1.165) is 42.4 Å². The van der Waals surface area contributed by atoms with Crippen LogP contribution in [0.5, 0.6) is 11.5 Å². The standard InChI is InChI=1S/C58H64F4N6O12S/c1-33-30-57(2,3)67-17-7-9-37-52(67)39(33)27-42-41(43-28-40-34(32-81(73,74)75)31-58(4,5)68-18-8-10-38(53(40)68)55(43)80-54(37)42)29-44-47(49(60)51(62)50(61)48(44)59)56(72)66(6)65-64-36-13-11-35(12-14-36)63-45(69)15-19-76-21-23-78-25-26-79-24-22-77-20-16-46(70)71/h11-14,27-28,30-31H,7-10,15-26,29,32H2,1-6H3,(H2-,63,65,69,70,71,73,74,75). The lowest BCUT2D eigenvalue weighted by Crippen LogP contribution is -2.53. The second-order valence-electron chi connectivity index (χ2n) is 21.6. The summed E-state index contributed by atoms with van der Waals surface area (Å²) in [5, 5.41) is 20.9. The zero-order valence-corrected chi connectivity index (χ0v) is 46.8. The number of fused-ring (bicyclic) bond motifs is 4. The fourth-order valence-electron chi connectivity index (χ4n) is 11.4. The lowest BCUT2D eigenvalue weighted by atomic mass is 9.79. The van der Waals surface area contributed by atoms with Gasteiger partial charge in [0.05, 0.1) is 115 Å². The Balaban J connectivity index is 0.979. The number of carboxylic acids is 1. The zero-order chi connectivity index (χ0) is 58.1. The number of allylic oxidation sites excluding steroid dienone is 1. The van der Waals surface area contributed by atoms with Gasteiger partial charge in [0.15, 0.2) is 28.8 Å². The van der Waals surface area contributed by atoms with Crippen molar-refractivity contribution >= 4 is 61.7 Å². The molecule has 5 aliphatic heterocycles. The number of carbonyl (C=O) groups excluding carboxylic acids is 2. The summed E-state index contributed by atoms with van der Waals surface area (Å²) in [4.78, 5) is 39.9. The Morgan fingerprint density at radius 2 is 1.44 bits per heavy atom. The minimum atomic E-state index is -4.83. The van der Waals surface area contributed by atoms with Crippen LogP contribution in [0, 0.1) is 23.3 Å². The first-order valence-electron chi connectivity index (χ1n) is 26.8. The second kappa shape index (κ2) is 23.9. The van der Waals surface area contributed by atoms with Crippen molar-refractivity contribution in [1.82, 2.24) is 9.58 Å². The van der Waals surface area contributed by atoms with Crippen LogP contribution >= 0.6 is 0 Å². The number of hydrogen-bond donors (Lipinski definition) is 2. The lowest BCUT2D eigenvalue weighted by molar-refractivity contribution is -0.138. The average Bonchev–Trinajstić information content (AvgIpc) is 3.53. The highest BCUT2D eigenvalue weighted by molar-refractivity contribution is 7.86. The van der Waals surface area contributed by atoms with Gasteiger partial charge in [0, 0.05) is 73.4 Å².